The molecule has 156 valence electrons. The van der Waals surface area contributed by atoms with Gasteiger partial charge in [0.05, 0.1) is 28.3 Å². The van der Waals surface area contributed by atoms with Crippen molar-refractivity contribution in [3.05, 3.63) is 58.8 Å². The lowest BCUT2D eigenvalue weighted by molar-refractivity contribution is 0.0925. The number of carbonyl (C=O) groups is 1. The van der Waals surface area contributed by atoms with Crippen LogP contribution in [0.3, 0.4) is 0 Å². The molecule has 5 rings (SSSR count). The van der Waals surface area contributed by atoms with Crippen LogP contribution in [0.4, 0.5) is 5.69 Å². The predicted octanol–water partition coefficient (Wildman–Crippen LogP) is 4.40. The summed E-state index contributed by atoms with van der Waals surface area (Å²) in [6.07, 6.45) is 8.99. The molecule has 3 aromatic rings. The standard InChI is InChI=1S/C22H24ClN5O2/c1-13-26-19-16(23)8-15-9-17(21(29)24-10-14-11-25-28(2)12-14)30-20(15)18(19)22(27-13)6-4-3-5-7-22/h8-9,11-12,26-27H,1,3-7,10H2,2H3,(H,24,29). The van der Waals surface area contributed by atoms with Gasteiger partial charge in [-0.15, -0.1) is 0 Å². The minimum Gasteiger partial charge on any atom is -0.450 e. The molecular weight excluding hydrogens is 402 g/mol. The van der Waals surface area contributed by atoms with Crippen molar-refractivity contribution in [1.29, 1.82) is 0 Å². The Morgan fingerprint density at radius 2 is 2.17 bits per heavy atom. The van der Waals surface area contributed by atoms with E-state index in [2.05, 4.69) is 27.6 Å². The molecule has 1 saturated carbocycles. The van der Waals surface area contributed by atoms with E-state index >= 15 is 0 Å². The summed E-state index contributed by atoms with van der Waals surface area (Å²) < 4.78 is 7.84. The summed E-state index contributed by atoms with van der Waals surface area (Å²) in [5.41, 5.74) is 3.18. The van der Waals surface area contributed by atoms with E-state index in [1.54, 1.807) is 16.9 Å². The number of aryl methyl sites for hydroxylation is 1. The fraction of sp³-hybridized carbons (Fsp3) is 0.364. The summed E-state index contributed by atoms with van der Waals surface area (Å²) >= 11 is 6.64. The number of rotatable bonds is 3. The number of amides is 1. The van der Waals surface area contributed by atoms with E-state index in [4.69, 9.17) is 16.0 Å². The molecule has 1 aliphatic heterocycles. The van der Waals surface area contributed by atoms with Crippen molar-refractivity contribution in [2.24, 2.45) is 7.05 Å². The zero-order valence-corrected chi connectivity index (χ0v) is 17.6. The third-order valence-corrected chi connectivity index (χ3v) is 6.34. The first-order chi connectivity index (χ1) is 14.4. The van der Waals surface area contributed by atoms with Crippen LogP contribution in [0.2, 0.25) is 5.02 Å². The number of benzene rings is 1. The molecular formula is C22H24ClN5O2. The minimum absolute atomic E-state index is 0.265. The Morgan fingerprint density at radius 3 is 2.90 bits per heavy atom. The molecule has 8 heteroatoms. The third-order valence-electron chi connectivity index (χ3n) is 6.05. The van der Waals surface area contributed by atoms with Gasteiger partial charge in [0.1, 0.15) is 5.58 Å². The van der Waals surface area contributed by atoms with Gasteiger partial charge in [-0.3, -0.25) is 9.48 Å². The second-order valence-electron chi connectivity index (χ2n) is 8.21. The largest absolute Gasteiger partial charge is 0.450 e. The van der Waals surface area contributed by atoms with E-state index in [1.807, 2.05) is 19.3 Å². The van der Waals surface area contributed by atoms with E-state index in [-0.39, 0.29) is 17.2 Å². The highest BCUT2D eigenvalue weighted by atomic mass is 35.5. The molecule has 1 aromatic carbocycles. The molecule has 1 amide bonds. The molecule has 0 bridgehead atoms. The molecule has 0 unspecified atom stereocenters. The number of anilines is 1. The van der Waals surface area contributed by atoms with Gasteiger partial charge in [0.25, 0.3) is 5.91 Å². The van der Waals surface area contributed by atoms with Crippen LogP contribution in [0, 0.1) is 0 Å². The average molecular weight is 426 g/mol. The molecule has 0 radical (unpaired) electrons. The molecule has 3 heterocycles. The smallest absolute Gasteiger partial charge is 0.287 e. The number of aromatic nitrogens is 2. The zero-order chi connectivity index (χ0) is 20.9. The van der Waals surface area contributed by atoms with Crippen molar-refractivity contribution in [2.45, 2.75) is 44.2 Å². The number of carbonyl (C=O) groups excluding carboxylic acids is 1. The first-order valence-corrected chi connectivity index (χ1v) is 10.6. The predicted molar refractivity (Wildman–Crippen MR) is 116 cm³/mol. The molecule has 1 aliphatic carbocycles. The highest BCUT2D eigenvalue weighted by Gasteiger charge is 2.42. The highest BCUT2D eigenvalue weighted by Crippen LogP contribution is 2.49. The van der Waals surface area contributed by atoms with Crippen molar-refractivity contribution >= 4 is 34.2 Å². The number of halogens is 1. The molecule has 3 N–H and O–H groups in total. The topological polar surface area (TPSA) is 84.1 Å². The summed E-state index contributed by atoms with van der Waals surface area (Å²) in [6, 6.07) is 3.61. The average Bonchev–Trinajstić information content (AvgIpc) is 3.32. The van der Waals surface area contributed by atoms with E-state index < -0.39 is 0 Å². The first-order valence-electron chi connectivity index (χ1n) is 10.2. The minimum atomic E-state index is -0.277. The van der Waals surface area contributed by atoms with Crippen molar-refractivity contribution < 1.29 is 9.21 Å². The second-order valence-corrected chi connectivity index (χ2v) is 8.62. The van der Waals surface area contributed by atoms with Gasteiger partial charge >= 0.3 is 0 Å². The molecule has 2 aliphatic rings. The SMILES string of the molecule is C=C1Nc2c(Cl)cc3cc(C(=O)NCc4cnn(C)c4)oc3c2C2(CCCCC2)N1. The van der Waals surface area contributed by atoms with Gasteiger partial charge < -0.3 is 20.4 Å². The Hall–Kier alpha value is -2.93. The summed E-state index contributed by atoms with van der Waals surface area (Å²) in [7, 11) is 1.84. The summed E-state index contributed by atoms with van der Waals surface area (Å²) in [6.45, 7) is 4.47. The summed E-state index contributed by atoms with van der Waals surface area (Å²) in [4.78, 5) is 12.8. The Kier molecular flexibility index (Phi) is 4.50. The van der Waals surface area contributed by atoms with Gasteiger partial charge in [-0.05, 0) is 25.0 Å². The molecule has 1 spiro atoms. The van der Waals surface area contributed by atoms with Gasteiger partial charge in [-0.25, -0.2) is 0 Å². The normalized spacial score (nSPS) is 17.5. The Labute approximate surface area is 179 Å². The molecule has 0 saturated heterocycles. The molecule has 1 fully saturated rings. The van der Waals surface area contributed by atoms with Crippen LogP contribution in [0.15, 0.2) is 41.3 Å². The second kappa shape index (κ2) is 7.09. The van der Waals surface area contributed by atoms with Crippen LogP contribution >= 0.6 is 11.6 Å². The summed E-state index contributed by atoms with van der Waals surface area (Å²) in [5.74, 6) is 0.749. The Balaban J connectivity index is 1.54. The lowest BCUT2D eigenvalue weighted by Gasteiger charge is -2.44. The maximum Gasteiger partial charge on any atom is 0.287 e. The van der Waals surface area contributed by atoms with Crippen molar-refractivity contribution in [1.82, 2.24) is 20.4 Å². The maximum atomic E-state index is 12.8. The lowest BCUT2D eigenvalue weighted by Crippen LogP contribution is -2.48. The van der Waals surface area contributed by atoms with Gasteiger partial charge in [0, 0.05) is 36.3 Å². The van der Waals surface area contributed by atoms with E-state index in [0.29, 0.717) is 17.2 Å². The van der Waals surface area contributed by atoms with Gasteiger partial charge in [-0.1, -0.05) is 37.4 Å². The molecule has 0 atom stereocenters. The fourth-order valence-corrected chi connectivity index (χ4v) is 5.00. The van der Waals surface area contributed by atoms with Crippen LogP contribution < -0.4 is 16.0 Å². The van der Waals surface area contributed by atoms with Gasteiger partial charge in [0.2, 0.25) is 0 Å². The van der Waals surface area contributed by atoms with Gasteiger partial charge in [-0.2, -0.15) is 5.10 Å². The molecule has 7 nitrogen and oxygen atoms in total. The Morgan fingerprint density at radius 1 is 1.37 bits per heavy atom. The number of nitrogens with zero attached hydrogens (tertiary/aromatic N) is 2. The molecule has 2 aromatic heterocycles. The zero-order valence-electron chi connectivity index (χ0n) is 16.8. The highest BCUT2D eigenvalue weighted by molar-refractivity contribution is 6.34. The van der Waals surface area contributed by atoms with Crippen molar-refractivity contribution in [3.8, 4) is 0 Å². The third kappa shape index (κ3) is 3.13. The van der Waals surface area contributed by atoms with Crippen molar-refractivity contribution in [2.75, 3.05) is 5.32 Å². The quantitative estimate of drug-likeness (QED) is 0.579. The van der Waals surface area contributed by atoms with Crippen LogP contribution in [-0.4, -0.2) is 15.7 Å². The first kappa shape index (κ1) is 19.1. The number of furan rings is 1. The molecule has 30 heavy (non-hydrogen) atoms. The van der Waals surface area contributed by atoms with Crippen LogP contribution in [0.25, 0.3) is 11.0 Å². The number of fused-ring (bicyclic) bond motifs is 4. The van der Waals surface area contributed by atoms with Crippen LogP contribution in [0.1, 0.15) is 53.8 Å². The number of hydrogen-bond acceptors (Lipinski definition) is 5. The van der Waals surface area contributed by atoms with Crippen LogP contribution in [-0.2, 0) is 19.1 Å². The maximum absolute atomic E-state index is 12.8. The van der Waals surface area contributed by atoms with Crippen LogP contribution in [0.5, 0.6) is 0 Å². The Bertz CT molecular complexity index is 1160. The van der Waals surface area contributed by atoms with Gasteiger partial charge in [0.15, 0.2) is 5.76 Å². The van der Waals surface area contributed by atoms with E-state index in [0.717, 1.165) is 53.7 Å². The summed E-state index contributed by atoms with van der Waals surface area (Å²) in [5, 5.41) is 15.3. The number of hydrogen-bond donors (Lipinski definition) is 3. The van der Waals surface area contributed by atoms with E-state index in [9.17, 15) is 4.79 Å². The monoisotopic (exact) mass is 425 g/mol. The fourth-order valence-electron chi connectivity index (χ4n) is 4.74. The van der Waals surface area contributed by atoms with Crippen molar-refractivity contribution in [3.63, 3.8) is 0 Å². The van der Waals surface area contributed by atoms with E-state index in [1.165, 1.54) is 6.42 Å². The number of nitrogens with one attached hydrogen (secondary N) is 3. The lowest BCUT2D eigenvalue weighted by atomic mass is 9.74.